The zero-order chi connectivity index (χ0) is 6.69. The van der Waals surface area contributed by atoms with E-state index >= 15 is 0 Å². The van der Waals surface area contributed by atoms with Crippen LogP contribution in [0.5, 0.6) is 0 Å². The number of aldehydes is 1. The first kappa shape index (κ1) is 6.53. The van der Waals surface area contributed by atoms with Crippen molar-refractivity contribution in [1.82, 2.24) is 0 Å². The second-order valence-electron chi connectivity index (χ2n) is 2.50. The van der Waals surface area contributed by atoms with Crippen LogP contribution in [0.2, 0.25) is 0 Å². The number of hydrogen-bond acceptors (Lipinski definition) is 1. The Hall–Kier alpha value is -0.590. The minimum atomic E-state index is 0.572. The monoisotopic (exact) mass is 124 g/mol. The van der Waals surface area contributed by atoms with Gasteiger partial charge in [0.1, 0.15) is 6.29 Å². The third-order valence-corrected chi connectivity index (χ3v) is 2.00. The average molecular weight is 124 g/mol. The van der Waals surface area contributed by atoms with Gasteiger partial charge in [-0.25, -0.2) is 0 Å². The summed E-state index contributed by atoms with van der Waals surface area (Å²) in [5.41, 5.74) is 1.03. The van der Waals surface area contributed by atoms with Crippen LogP contribution in [0.25, 0.3) is 0 Å². The fourth-order valence-electron chi connectivity index (χ4n) is 1.37. The van der Waals surface area contributed by atoms with Gasteiger partial charge in [0.05, 0.1) is 0 Å². The zero-order valence-electron chi connectivity index (χ0n) is 5.76. The van der Waals surface area contributed by atoms with Crippen molar-refractivity contribution < 1.29 is 4.79 Å². The van der Waals surface area contributed by atoms with Gasteiger partial charge in [-0.1, -0.05) is 13.0 Å². The van der Waals surface area contributed by atoms with E-state index in [-0.39, 0.29) is 0 Å². The minimum absolute atomic E-state index is 0.572. The maximum absolute atomic E-state index is 10.3. The van der Waals surface area contributed by atoms with Crippen molar-refractivity contribution in [3.05, 3.63) is 11.6 Å². The molecule has 0 fully saturated rings. The van der Waals surface area contributed by atoms with Gasteiger partial charge < -0.3 is 0 Å². The van der Waals surface area contributed by atoms with E-state index in [0.717, 1.165) is 24.7 Å². The predicted octanol–water partition coefficient (Wildman–Crippen LogP) is 1.93. The molecular weight excluding hydrogens is 112 g/mol. The molecule has 1 atom stereocenters. The summed E-state index contributed by atoms with van der Waals surface area (Å²) in [5, 5.41) is 0. The quantitative estimate of drug-likeness (QED) is 0.514. The van der Waals surface area contributed by atoms with Crippen LogP contribution >= 0.6 is 0 Å². The van der Waals surface area contributed by atoms with Crippen molar-refractivity contribution in [2.75, 3.05) is 0 Å². The van der Waals surface area contributed by atoms with E-state index in [0.29, 0.717) is 5.92 Å². The molecule has 0 amide bonds. The Bertz CT molecular complexity index is 136. The van der Waals surface area contributed by atoms with Gasteiger partial charge in [0.2, 0.25) is 0 Å². The predicted molar refractivity (Wildman–Crippen MR) is 37.2 cm³/mol. The van der Waals surface area contributed by atoms with Crippen LogP contribution in [0.3, 0.4) is 0 Å². The highest BCUT2D eigenvalue weighted by Crippen LogP contribution is 2.26. The number of allylic oxidation sites excluding steroid dienone is 2. The Morgan fingerprint density at radius 1 is 1.89 bits per heavy atom. The molecule has 0 N–H and O–H groups in total. The number of carbonyl (C=O) groups is 1. The largest absolute Gasteiger partial charge is 0.298 e. The summed E-state index contributed by atoms with van der Waals surface area (Å²) in [4.78, 5) is 10.3. The Morgan fingerprint density at radius 2 is 2.67 bits per heavy atom. The maximum Gasteiger partial charge on any atom is 0.145 e. The summed E-state index contributed by atoms with van der Waals surface area (Å²) in [6.07, 6.45) is 6.46. The van der Waals surface area contributed by atoms with Crippen molar-refractivity contribution in [2.24, 2.45) is 5.92 Å². The van der Waals surface area contributed by atoms with Gasteiger partial charge in [-0.3, -0.25) is 4.79 Å². The molecule has 1 unspecified atom stereocenters. The van der Waals surface area contributed by atoms with Gasteiger partial charge in [0.15, 0.2) is 0 Å². The van der Waals surface area contributed by atoms with Gasteiger partial charge in [-0.2, -0.15) is 0 Å². The van der Waals surface area contributed by atoms with Crippen molar-refractivity contribution in [3.8, 4) is 0 Å². The average Bonchev–Trinajstić information content (AvgIpc) is 2.33. The molecule has 0 aromatic heterocycles. The summed E-state index contributed by atoms with van der Waals surface area (Å²) in [6, 6.07) is 0. The molecule has 0 spiro atoms. The summed E-state index contributed by atoms with van der Waals surface area (Å²) in [6.45, 7) is 2.13. The van der Waals surface area contributed by atoms with Gasteiger partial charge in [-0.15, -0.1) is 0 Å². The molecular formula is C8H12O. The second-order valence-corrected chi connectivity index (χ2v) is 2.50. The fraction of sp³-hybridized carbons (Fsp3) is 0.625. The third kappa shape index (κ3) is 1.21. The standard InChI is InChI=1S/C8H12O/c1-2-7-4-3-5-8(7)6-9/h5-7H,2-4H2,1H3. The molecule has 9 heavy (non-hydrogen) atoms. The van der Waals surface area contributed by atoms with Crippen LogP contribution in [0.1, 0.15) is 26.2 Å². The topological polar surface area (TPSA) is 17.1 Å². The number of carbonyl (C=O) groups excluding carboxylic acids is 1. The molecule has 0 radical (unpaired) electrons. The van der Waals surface area contributed by atoms with Gasteiger partial charge in [0, 0.05) is 0 Å². The molecule has 0 aliphatic heterocycles. The Morgan fingerprint density at radius 3 is 3.11 bits per heavy atom. The van der Waals surface area contributed by atoms with Gasteiger partial charge >= 0.3 is 0 Å². The van der Waals surface area contributed by atoms with E-state index in [1.54, 1.807) is 0 Å². The molecule has 50 valence electrons. The Labute approximate surface area is 55.8 Å². The summed E-state index contributed by atoms with van der Waals surface area (Å²) in [7, 11) is 0. The first-order valence-electron chi connectivity index (χ1n) is 3.53. The zero-order valence-corrected chi connectivity index (χ0v) is 5.76. The first-order chi connectivity index (χ1) is 4.38. The Kier molecular flexibility index (Phi) is 2.04. The molecule has 0 aromatic rings. The normalized spacial score (nSPS) is 25.9. The molecule has 0 bridgehead atoms. The summed E-state index contributed by atoms with van der Waals surface area (Å²) >= 11 is 0. The van der Waals surface area contributed by atoms with Crippen molar-refractivity contribution in [1.29, 1.82) is 0 Å². The Balaban J connectivity index is 2.56. The third-order valence-electron chi connectivity index (χ3n) is 2.00. The van der Waals surface area contributed by atoms with E-state index in [1.165, 1.54) is 6.42 Å². The van der Waals surface area contributed by atoms with Crippen molar-refractivity contribution in [2.45, 2.75) is 26.2 Å². The van der Waals surface area contributed by atoms with E-state index in [2.05, 4.69) is 13.0 Å². The van der Waals surface area contributed by atoms with E-state index in [1.807, 2.05) is 0 Å². The molecule has 1 aliphatic carbocycles. The van der Waals surface area contributed by atoms with Crippen molar-refractivity contribution >= 4 is 6.29 Å². The number of rotatable bonds is 2. The highest BCUT2D eigenvalue weighted by atomic mass is 16.1. The molecule has 1 heteroatoms. The van der Waals surface area contributed by atoms with Crippen LogP contribution in [-0.2, 0) is 4.79 Å². The van der Waals surface area contributed by atoms with Crippen molar-refractivity contribution in [3.63, 3.8) is 0 Å². The molecule has 1 aliphatic rings. The molecule has 0 saturated heterocycles. The van der Waals surface area contributed by atoms with E-state index in [4.69, 9.17) is 0 Å². The maximum atomic E-state index is 10.3. The van der Waals surface area contributed by atoms with Crippen LogP contribution < -0.4 is 0 Å². The fourth-order valence-corrected chi connectivity index (χ4v) is 1.37. The number of hydrogen-bond donors (Lipinski definition) is 0. The van der Waals surface area contributed by atoms with Crippen LogP contribution in [0, 0.1) is 5.92 Å². The molecule has 0 saturated carbocycles. The lowest BCUT2D eigenvalue weighted by Crippen LogP contribution is -1.97. The second kappa shape index (κ2) is 2.81. The highest BCUT2D eigenvalue weighted by Gasteiger charge is 2.15. The van der Waals surface area contributed by atoms with Gasteiger partial charge in [0.25, 0.3) is 0 Å². The SMILES string of the molecule is CCC1CCC=C1C=O. The smallest absolute Gasteiger partial charge is 0.145 e. The lowest BCUT2D eigenvalue weighted by Gasteiger charge is -2.04. The lowest BCUT2D eigenvalue weighted by molar-refractivity contribution is -0.105. The molecule has 1 rings (SSSR count). The molecule has 0 aromatic carbocycles. The molecule has 1 nitrogen and oxygen atoms in total. The van der Waals surface area contributed by atoms with E-state index < -0.39 is 0 Å². The van der Waals surface area contributed by atoms with E-state index in [9.17, 15) is 4.79 Å². The summed E-state index contributed by atoms with van der Waals surface area (Å²) < 4.78 is 0. The van der Waals surface area contributed by atoms with Crippen LogP contribution in [0.15, 0.2) is 11.6 Å². The molecule has 0 heterocycles. The highest BCUT2D eigenvalue weighted by molar-refractivity contribution is 5.74. The lowest BCUT2D eigenvalue weighted by atomic mass is 10.0. The van der Waals surface area contributed by atoms with Crippen LogP contribution in [-0.4, -0.2) is 6.29 Å². The first-order valence-corrected chi connectivity index (χ1v) is 3.53. The van der Waals surface area contributed by atoms with Gasteiger partial charge in [-0.05, 0) is 30.8 Å². The van der Waals surface area contributed by atoms with Crippen LogP contribution in [0.4, 0.5) is 0 Å². The minimum Gasteiger partial charge on any atom is -0.298 e. The summed E-state index contributed by atoms with van der Waals surface area (Å²) in [5.74, 6) is 0.572.